The number of nitrogens with one attached hydrogen (secondary N) is 1. The number of carbonyl (C=O) groups excluding carboxylic acids is 1. The highest BCUT2D eigenvalue weighted by atomic mass is 32.2. The topological polar surface area (TPSA) is 71.8 Å². The summed E-state index contributed by atoms with van der Waals surface area (Å²) in [6.45, 7) is 9.28. The first-order valence-corrected chi connectivity index (χ1v) is 11.4. The molecule has 3 heterocycles. The maximum Gasteiger partial charge on any atom is 0.408 e. The van der Waals surface area contributed by atoms with Crippen LogP contribution in [0.15, 0.2) is 58.7 Å². The summed E-state index contributed by atoms with van der Waals surface area (Å²) in [5.74, 6) is 0.879. The Labute approximate surface area is 187 Å². The minimum atomic E-state index is -0.502. The van der Waals surface area contributed by atoms with Crippen LogP contribution >= 0.6 is 11.8 Å². The van der Waals surface area contributed by atoms with Crippen molar-refractivity contribution in [2.75, 3.05) is 18.0 Å². The van der Waals surface area contributed by atoms with Gasteiger partial charge in [0.2, 0.25) is 5.95 Å². The number of benzene rings is 1. The van der Waals surface area contributed by atoms with Crippen LogP contribution in [0.4, 0.5) is 10.7 Å². The molecule has 2 aromatic heterocycles. The normalized spacial score (nSPS) is 16.3. The zero-order valence-electron chi connectivity index (χ0n) is 18.5. The van der Waals surface area contributed by atoms with Crippen molar-refractivity contribution in [3.8, 4) is 0 Å². The van der Waals surface area contributed by atoms with Crippen LogP contribution in [0.25, 0.3) is 5.65 Å². The number of piperidine rings is 1. The molecule has 1 fully saturated rings. The summed E-state index contributed by atoms with van der Waals surface area (Å²) in [6.07, 6.45) is 6.94. The third-order valence-corrected chi connectivity index (χ3v) is 6.31. The second-order valence-corrected chi connectivity index (χ2v) is 10.2. The second kappa shape index (κ2) is 8.42. The molecule has 0 atom stereocenters. The Morgan fingerprint density at radius 2 is 1.87 bits per heavy atom. The molecule has 0 saturated carbocycles. The fourth-order valence-electron chi connectivity index (χ4n) is 3.68. The van der Waals surface area contributed by atoms with E-state index in [0.29, 0.717) is 0 Å². The van der Waals surface area contributed by atoms with Crippen LogP contribution in [0.3, 0.4) is 0 Å². The summed E-state index contributed by atoms with van der Waals surface area (Å²) in [5, 5.41) is 3.06. The zero-order chi connectivity index (χ0) is 22.1. The first-order valence-electron chi connectivity index (χ1n) is 10.5. The second-order valence-electron chi connectivity index (χ2n) is 9.13. The minimum Gasteiger partial charge on any atom is -0.444 e. The highest BCUT2D eigenvalue weighted by Gasteiger charge is 2.34. The molecule has 1 amide bonds. The smallest absolute Gasteiger partial charge is 0.408 e. The maximum absolute atomic E-state index is 12.2. The summed E-state index contributed by atoms with van der Waals surface area (Å²) in [7, 11) is 0. The van der Waals surface area contributed by atoms with Crippen LogP contribution in [0.5, 0.6) is 0 Å². The highest BCUT2D eigenvalue weighted by Crippen LogP contribution is 2.32. The first kappa shape index (κ1) is 21.5. The molecule has 0 bridgehead atoms. The van der Waals surface area contributed by atoms with Crippen molar-refractivity contribution in [1.29, 1.82) is 0 Å². The van der Waals surface area contributed by atoms with Gasteiger partial charge in [0.25, 0.3) is 0 Å². The quantitative estimate of drug-likeness (QED) is 0.632. The van der Waals surface area contributed by atoms with E-state index in [1.54, 1.807) is 11.8 Å². The molecule has 1 aliphatic heterocycles. The van der Waals surface area contributed by atoms with E-state index >= 15 is 0 Å². The monoisotopic (exact) mass is 439 g/mol. The number of amides is 1. The highest BCUT2D eigenvalue weighted by molar-refractivity contribution is 7.99. The van der Waals surface area contributed by atoms with E-state index in [1.165, 1.54) is 0 Å². The van der Waals surface area contributed by atoms with Gasteiger partial charge in [0, 0.05) is 42.1 Å². The Bertz CT molecular complexity index is 1050. The van der Waals surface area contributed by atoms with Crippen LogP contribution in [-0.4, -0.2) is 44.7 Å². The zero-order valence-corrected chi connectivity index (χ0v) is 19.3. The van der Waals surface area contributed by atoms with E-state index in [4.69, 9.17) is 9.72 Å². The van der Waals surface area contributed by atoms with Gasteiger partial charge in [0.1, 0.15) is 5.60 Å². The predicted octanol–water partition coefficient (Wildman–Crippen LogP) is 4.76. The molecule has 7 nitrogen and oxygen atoms in total. The third-order valence-electron chi connectivity index (χ3n) is 5.30. The van der Waals surface area contributed by atoms with Crippen LogP contribution in [-0.2, 0) is 4.74 Å². The number of ether oxygens (including phenoxy) is 1. The summed E-state index contributed by atoms with van der Waals surface area (Å²) in [6, 6.07) is 10.2. The van der Waals surface area contributed by atoms with E-state index in [2.05, 4.69) is 38.7 Å². The summed E-state index contributed by atoms with van der Waals surface area (Å²) in [4.78, 5) is 26.0. The number of hydrogen-bond donors (Lipinski definition) is 1. The van der Waals surface area contributed by atoms with Crippen molar-refractivity contribution < 1.29 is 9.53 Å². The van der Waals surface area contributed by atoms with Gasteiger partial charge in [-0.1, -0.05) is 30.0 Å². The number of fused-ring (bicyclic) bond motifs is 1. The van der Waals surface area contributed by atoms with E-state index in [0.717, 1.165) is 47.3 Å². The van der Waals surface area contributed by atoms with Gasteiger partial charge >= 0.3 is 6.09 Å². The summed E-state index contributed by atoms with van der Waals surface area (Å²) < 4.78 is 7.49. The standard InChI is InChI=1S/C23H29N5O2S/c1-22(2,3)30-21(29)26-23(4)10-13-27(14-11-23)20-25-16-18(19-24-12-15-28(19)20)31-17-8-6-5-7-9-17/h5-9,12,15-16H,10-11,13-14H2,1-4H3,(H,26,29). The number of anilines is 1. The number of carbonyl (C=O) groups is 1. The summed E-state index contributed by atoms with van der Waals surface area (Å²) >= 11 is 1.66. The molecule has 1 saturated heterocycles. The lowest BCUT2D eigenvalue weighted by molar-refractivity contribution is 0.0448. The number of nitrogens with zero attached hydrogens (tertiary/aromatic N) is 4. The number of rotatable bonds is 4. The van der Waals surface area contributed by atoms with E-state index < -0.39 is 5.60 Å². The number of hydrogen-bond acceptors (Lipinski definition) is 6. The van der Waals surface area contributed by atoms with Crippen molar-refractivity contribution in [3.63, 3.8) is 0 Å². The van der Waals surface area contributed by atoms with Gasteiger partial charge in [0.15, 0.2) is 5.65 Å². The molecule has 1 N–H and O–H groups in total. The van der Waals surface area contributed by atoms with Gasteiger partial charge in [-0.05, 0) is 52.7 Å². The van der Waals surface area contributed by atoms with Gasteiger partial charge in [-0.15, -0.1) is 0 Å². The van der Waals surface area contributed by atoms with Crippen molar-refractivity contribution >= 4 is 29.5 Å². The molecule has 31 heavy (non-hydrogen) atoms. The van der Waals surface area contributed by atoms with Crippen molar-refractivity contribution in [2.45, 2.75) is 61.5 Å². The Morgan fingerprint density at radius 1 is 1.16 bits per heavy atom. The lowest BCUT2D eigenvalue weighted by Crippen LogP contribution is -2.54. The lowest BCUT2D eigenvalue weighted by Gasteiger charge is -2.40. The molecule has 8 heteroatoms. The van der Waals surface area contributed by atoms with Gasteiger partial charge in [-0.25, -0.2) is 14.8 Å². The average molecular weight is 440 g/mol. The molecule has 0 aliphatic carbocycles. The molecule has 0 unspecified atom stereocenters. The van der Waals surface area contributed by atoms with Gasteiger partial charge in [-0.2, -0.15) is 0 Å². The largest absolute Gasteiger partial charge is 0.444 e. The third kappa shape index (κ3) is 5.12. The lowest BCUT2D eigenvalue weighted by atomic mass is 9.90. The molecule has 3 aromatic rings. The Hall–Kier alpha value is -2.74. The van der Waals surface area contributed by atoms with Gasteiger partial charge < -0.3 is 15.0 Å². The fourth-order valence-corrected chi connectivity index (χ4v) is 4.58. The van der Waals surface area contributed by atoms with Crippen LogP contribution < -0.4 is 10.2 Å². The van der Waals surface area contributed by atoms with Crippen molar-refractivity contribution in [3.05, 3.63) is 48.9 Å². The Morgan fingerprint density at radius 3 is 2.55 bits per heavy atom. The number of imidazole rings is 1. The molecule has 0 spiro atoms. The molecular formula is C23H29N5O2S. The minimum absolute atomic E-state index is 0.296. The van der Waals surface area contributed by atoms with Gasteiger partial charge in [0.05, 0.1) is 4.90 Å². The first-order chi connectivity index (χ1) is 14.7. The van der Waals surface area contributed by atoms with E-state index in [9.17, 15) is 4.79 Å². The van der Waals surface area contributed by atoms with Crippen LogP contribution in [0, 0.1) is 0 Å². The van der Waals surface area contributed by atoms with Crippen LogP contribution in [0.1, 0.15) is 40.5 Å². The molecule has 164 valence electrons. The van der Waals surface area contributed by atoms with Crippen molar-refractivity contribution in [2.24, 2.45) is 0 Å². The molecule has 1 aromatic carbocycles. The number of alkyl carbamates (subject to hydrolysis) is 1. The molecule has 4 rings (SSSR count). The van der Waals surface area contributed by atoms with Gasteiger partial charge in [-0.3, -0.25) is 4.40 Å². The van der Waals surface area contributed by atoms with Crippen molar-refractivity contribution in [1.82, 2.24) is 19.7 Å². The fraction of sp³-hybridized carbons (Fsp3) is 0.435. The van der Waals surface area contributed by atoms with E-state index in [1.807, 2.05) is 57.6 Å². The van der Waals surface area contributed by atoms with E-state index in [-0.39, 0.29) is 11.6 Å². The number of aromatic nitrogens is 3. The predicted molar refractivity (Wildman–Crippen MR) is 123 cm³/mol. The average Bonchev–Trinajstić information content (AvgIpc) is 3.18. The summed E-state index contributed by atoms with van der Waals surface area (Å²) in [5.41, 5.74) is 0.104. The molecule has 0 radical (unpaired) electrons. The molecular weight excluding hydrogens is 410 g/mol. The maximum atomic E-state index is 12.2. The van der Waals surface area contributed by atoms with Crippen LogP contribution in [0.2, 0.25) is 0 Å². The Kier molecular flexibility index (Phi) is 5.83. The Balaban J connectivity index is 1.47. The molecule has 1 aliphatic rings. The SMILES string of the molecule is CC1(NC(=O)OC(C)(C)C)CCN(c2ncc(Sc3ccccc3)c3nccn23)CC1.